The maximum atomic E-state index is 12.3. The highest BCUT2D eigenvalue weighted by molar-refractivity contribution is 5.89. The summed E-state index contributed by atoms with van der Waals surface area (Å²) >= 11 is 0. The first-order valence-electron chi connectivity index (χ1n) is 8.99. The number of carbonyl (C=O) groups excluding carboxylic acids is 1. The van der Waals surface area contributed by atoms with E-state index in [2.05, 4.69) is 25.2 Å². The Morgan fingerprint density at radius 2 is 2.06 bits per heavy atom. The monoisotopic (exact) mass is 415 g/mol. The number of nitrogens with one attached hydrogen (secondary N) is 2. The van der Waals surface area contributed by atoms with E-state index in [1.807, 2.05) is 12.1 Å². The van der Waals surface area contributed by atoms with Crippen molar-refractivity contribution in [1.82, 2.24) is 9.97 Å². The van der Waals surface area contributed by atoms with E-state index in [0.29, 0.717) is 16.7 Å². The molecule has 0 aliphatic rings. The van der Waals surface area contributed by atoms with Gasteiger partial charge < -0.3 is 9.84 Å². The molecule has 3 aromatic rings. The Morgan fingerprint density at radius 1 is 1.29 bits per heavy atom. The van der Waals surface area contributed by atoms with Crippen molar-refractivity contribution in [2.45, 2.75) is 0 Å². The Bertz CT molecular complexity index is 1260. The van der Waals surface area contributed by atoms with Crippen LogP contribution in [0.15, 0.2) is 64.5 Å². The third-order valence-corrected chi connectivity index (χ3v) is 4.12. The van der Waals surface area contributed by atoms with Gasteiger partial charge in [-0.3, -0.25) is 9.78 Å². The number of ether oxygens (including phenoxy) is 1. The predicted octanol–water partition coefficient (Wildman–Crippen LogP) is 2.65. The van der Waals surface area contributed by atoms with Gasteiger partial charge in [0.2, 0.25) is 5.95 Å². The minimum Gasteiger partial charge on any atom is -0.507 e. The second-order valence-electron chi connectivity index (χ2n) is 6.16. The number of phenolic OH excluding ortho intramolecular Hbond substituents is 1. The maximum absolute atomic E-state index is 12.3. The van der Waals surface area contributed by atoms with Crippen LogP contribution in [0.25, 0.3) is 17.3 Å². The molecule has 1 heterocycles. The number of hydrogen-bond donors (Lipinski definition) is 3. The van der Waals surface area contributed by atoms with E-state index in [-0.39, 0.29) is 23.0 Å². The lowest BCUT2D eigenvalue weighted by molar-refractivity contribution is -0.134. The van der Waals surface area contributed by atoms with E-state index in [9.17, 15) is 20.0 Å². The van der Waals surface area contributed by atoms with E-state index in [1.54, 1.807) is 36.4 Å². The van der Waals surface area contributed by atoms with Crippen molar-refractivity contribution in [3.63, 3.8) is 0 Å². The van der Waals surface area contributed by atoms with Crippen molar-refractivity contribution < 1.29 is 14.6 Å². The van der Waals surface area contributed by atoms with Crippen molar-refractivity contribution in [2.75, 3.05) is 12.5 Å². The van der Waals surface area contributed by atoms with E-state index in [0.717, 1.165) is 0 Å². The van der Waals surface area contributed by atoms with Gasteiger partial charge in [0.05, 0.1) is 19.0 Å². The minimum atomic E-state index is -0.605. The highest BCUT2D eigenvalue weighted by Gasteiger charge is 2.12. The second kappa shape index (κ2) is 9.67. The Labute approximate surface area is 177 Å². The molecule has 0 unspecified atom stereocenters. The number of aromatic hydroxyl groups is 1. The van der Waals surface area contributed by atoms with Gasteiger partial charge in [0, 0.05) is 17.2 Å². The summed E-state index contributed by atoms with van der Waals surface area (Å²) < 4.78 is 4.54. The summed E-state index contributed by atoms with van der Waals surface area (Å²) in [4.78, 5) is 30.2. The number of hydrogen-bond acceptors (Lipinski definition) is 8. The third-order valence-electron chi connectivity index (χ3n) is 4.12. The van der Waals surface area contributed by atoms with Crippen molar-refractivity contribution in [3.05, 3.63) is 81.7 Å². The average molecular weight is 415 g/mol. The van der Waals surface area contributed by atoms with Gasteiger partial charge in [-0.05, 0) is 23.8 Å². The summed E-state index contributed by atoms with van der Waals surface area (Å²) in [7, 11) is 1.28. The molecule has 3 rings (SSSR count). The number of rotatable bonds is 6. The molecule has 0 spiro atoms. The number of aromatic nitrogens is 2. The second-order valence-corrected chi connectivity index (χ2v) is 6.16. The third kappa shape index (κ3) is 5.21. The van der Waals surface area contributed by atoms with Crippen LogP contribution in [0.2, 0.25) is 0 Å². The Kier molecular flexibility index (Phi) is 6.55. The number of esters is 1. The van der Waals surface area contributed by atoms with E-state index >= 15 is 0 Å². The van der Waals surface area contributed by atoms with Crippen LogP contribution in [0.1, 0.15) is 16.7 Å². The van der Waals surface area contributed by atoms with Crippen LogP contribution in [-0.4, -0.2) is 34.4 Å². The molecule has 0 bridgehead atoms. The fourth-order valence-corrected chi connectivity index (χ4v) is 2.61. The van der Waals surface area contributed by atoms with Crippen molar-refractivity contribution in [2.24, 2.45) is 5.10 Å². The van der Waals surface area contributed by atoms with Gasteiger partial charge in [0.15, 0.2) is 0 Å². The number of carbonyl (C=O) groups is 1. The minimum absolute atomic E-state index is 0.0281. The predicted molar refractivity (Wildman–Crippen MR) is 115 cm³/mol. The molecule has 31 heavy (non-hydrogen) atoms. The molecule has 154 valence electrons. The summed E-state index contributed by atoms with van der Waals surface area (Å²) in [5.41, 5.74) is 3.71. The zero-order valence-corrected chi connectivity index (χ0v) is 16.4. The first kappa shape index (κ1) is 21.0. The molecule has 0 amide bonds. The molecule has 0 atom stereocenters. The van der Waals surface area contributed by atoms with Crippen molar-refractivity contribution in [3.8, 4) is 23.1 Å². The van der Waals surface area contributed by atoms with Gasteiger partial charge in [0.1, 0.15) is 17.4 Å². The zero-order valence-electron chi connectivity index (χ0n) is 16.4. The number of hydrazone groups is 1. The fourth-order valence-electron chi connectivity index (χ4n) is 2.61. The lowest BCUT2D eigenvalue weighted by atomic mass is 10.1. The molecule has 0 aliphatic carbocycles. The number of aromatic amines is 1. The lowest BCUT2D eigenvalue weighted by Crippen LogP contribution is -2.16. The average Bonchev–Trinajstić information content (AvgIpc) is 2.79. The smallest absolute Gasteiger partial charge is 0.330 e. The number of nitrogens with zero attached hydrogens (tertiary/aromatic N) is 3. The number of anilines is 1. The van der Waals surface area contributed by atoms with Gasteiger partial charge in [-0.25, -0.2) is 15.2 Å². The molecule has 9 heteroatoms. The van der Waals surface area contributed by atoms with Crippen LogP contribution in [-0.2, 0) is 9.53 Å². The van der Waals surface area contributed by atoms with Crippen LogP contribution < -0.4 is 11.0 Å². The zero-order chi connectivity index (χ0) is 22.2. The number of H-pyrrole nitrogens is 1. The number of phenols is 1. The quantitative estimate of drug-likeness (QED) is 0.243. The van der Waals surface area contributed by atoms with Crippen LogP contribution in [0.3, 0.4) is 0 Å². The SMILES string of the molecule is COC(=O)C=Cc1ccc(O)c(C=NNc2nc(-c3ccccc3)c(C#N)c(=O)[nH]2)c1. The van der Waals surface area contributed by atoms with Gasteiger partial charge in [0.25, 0.3) is 5.56 Å². The van der Waals surface area contributed by atoms with Crippen LogP contribution in [0, 0.1) is 11.3 Å². The molecule has 9 nitrogen and oxygen atoms in total. The van der Waals surface area contributed by atoms with Gasteiger partial charge in [-0.1, -0.05) is 36.4 Å². The van der Waals surface area contributed by atoms with Crippen LogP contribution in [0.4, 0.5) is 5.95 Å². The molecule has 0 radical (unpaired) electrons. The number of methoxy groups -OCH3 is 1. The maximum Gasteiger partial charge on any atom is 0.330 e. The van der Waals surface area contributed by atoms with E-state index in [4.69, 9.17) is 0 Å². The molecular weight excluding hydrogens is 398 g/mol. The fraction of sp³-hybridized carbons (Fsp3) is 0.0455. The topological polar surface area (TPSA) is 140 Å². The summed E-state index contributed by atoms with van der Waals surface area (Å²) in [5.74, 6) is -0.512. The van der Waals surface area contributed by atoms with Crippen molar-refractivity contribution in [1.29, 1.82) is 5.26 Å². The summed E-state index contributed by atoms with van der Waals surface area (Å²) in [6.07, 6.45) is 4.11. The molecule has 0 fully saturated rings. The lowest BCUT2D eigenvalue weighted by Gasteiger charge is -2.06. The highest BCUT2D eigenvalue weighted by atomic mass is 16.5. The summed E-state index contributed by atoms with van der Waals surface area (Å²) in [5, 5.41) is 23.3. The number of nitriles is 1. The van der Waals surface area contributed by atoms with Crippen molar-refractivity contribution >= 4 is 24.2 Å². The standard InChI is InChI=1S/C22H17N5O4/c1-31-19(29)10-8-14-7-9-18(28)16(11-14)13-24-27-22-25-20(15-5-3-2-4-6-15)17(12-23)21(30)26-22/h2-11,13,28H,1H3,(H2,25,26,27,30). The highest BCUT2D eigenvalue weighted by Crippen LogP contribution is 2.20. The first-order valence-corrected chi connectivity index (χ1v) is 8.99. The summed E-state index contributed by atoms with van der Waals surface area (Å²) in [6.45, 7) is 0. The molecule has 1 aromatic heterocycles. The molecule has 2 aromatic carbocycles. The Balaban J connectivity index is 1.86. The van der Waals surface area contributed by atoms with Crippen LogP contribution in [0.5, 0.6) is 5.75 Å². The number of benzene rings is 2. The molecular formula is C22H17N5O4. The molecule has 0 saturated carbocycles. The molecule has 0 saturated heterocycles. The van der Waals surface area contributed by atoms with Crippen LogP contribution >= 0.6 is 0 Å². The Hall–Kier alpha value is -4.71. The van der Waals surface area contributed by atoms with E-state index < -0.39 is 11.5 Å². The summed E-state index contributed by atoms with van der Waals surface area (Å²) in [6, 6.07) is 15.4. The van der Waals surface area contributed by atoms with Gasteiger partial charge >= 0.3 is 5.97 Å². The van der Waals surface area contributed by atoms with E-state index in [1.165, 1.54) is 31.5 Å². The molecule has 3 N–H and O–H groups in total. The molecule has 0 aliphatic heterocycles. The normalized spacial score (nSPS) is 10.8. The first-order chi connectivity index (χ1) is 15.0. The Morgan fingerprint density at radius 3 is 2.77 bits per heavy atom. The van der Waals surface area contributed by atoms with Gasteiger partial charge in [-0.2, -0.15) is 10.4 Å². The van der Waals surface area contributed by atoms with Gasteiger partial charge in [-0.15, -0.1) is 0 Å². The largest absolute Gasteiger partial charge is 0.507 e.